The highest BCUT2D eigenvalue weighted by atomic mass is 35.5. The van der Waals surface area contributed by atoms with Crippen molar-refractivity contribution in [2.75, 3.05) is 0 Å². The molecule has 0 aliphatic rings. The quantitative estimate of drug-likeness (QED) is 0.808. The monoisotopic (exact) mass is 323 g/mol. The summed E-state index contributed by atoms with van der Waals surface area (Å²) in [5, 5.41) is 0.693. The highest BCUT2D eigenvalue weighted by molar-refractivity contribution is 7.85. The molecule has 0 aliphatic heterocycles. The van der Waals surface area contributed by atoms with Crippen LogP contribution in [0.3, 0.4) is 0 Å². The molecule has 0 saturated carbocycles. The molecular formula is C15H18ClN3OS. The minimum Gasteiger partial charge on any atom is -0.303 e. The van der Waals surface area contributed by atoms with E-state index in [4.69, 9.17) is 11.6 Å². The lowest BCUT2D eigenvalue weighted by molar-refractivity contribution is 0.651. The second-order valence-corrected chi connectivity index (χ2v) is 8.03. The van der Waals surface area contributed by atoms with E-state index in [1.54, 1.807) is 6.21 Å². The van der Waals surface area contributed by atoms with Crippen LogP contribution < -0.4 is 0 Å². The van der Waals surface area contributed by atoms with Crippen molar-refractivity contribution in [3.8, 4) is 5.69 Å². The first kappa shape index (κ1) is 15.9. The lowest BCUT2D eigenvalue weighted by Gasteiger charge is -2.12. The van der Waals surface area contributed by atoms with Gasteiger partial charge in [-0.2, -0.15) is 4.40 Å². The van der Waals surface area contributed by atoms with Crippen molar-refractivity contribution in [1.29, 1.82) is 0 Å². The summed E-state index contributed by atoms with van der Waals surface area (Å²) in [5.74, 6) is 0.834. The molecule has 0 aliphatic carbocycles. The van der Waals surface area contributed by atoms with Crippen LogP contribution in [0.5, 0.6) is 0 Å². The van der Waals surface area contributed by atoms with Crippen LogP contribution in [0.25, 0.3) is 5.69 Å². The molecule has 0 saturated heterocycles. The van der Waals surface area contributed by atoms with Crippen molar-refractivity contribution in [1.82, 2.24) is 9.55 Å². The number of imidazole rings is 1. The average Bonchev–Trinajstić information content (AvgIpc) is 2.77. The Hall–Kier alpha value is -1.46. The van der Waals surface area contributed by atoms with Crippen LogP contribution in [0.2, 0.25) is 5.02 Å². The molecule has 1 atom stereocenters. The number of nitrogens with zero attached hydrogens (tertiary/aromatic N) is 3. The van der Waals surface area contributed by atoms with Gasteiger partial charge in [0.2, 0.25) is 0 Å². The molecule has 0 amide bonds. The summed E-state index contributed by atoms with van der Waals surface area (Å²) in [7, 11) is -1.28. The number of aromatic nitrogens is 2. The van der Waals surface area contributed by atoms with Gasteiger partial charge >= 0.3 is 0 Å². The smallest absolute Gasteiger partial charge is 0.144 e. The Morgan fingerprint density at radius 3 is 2.48 bits per heavy atom. The fourth-order valence-electron chi connectivity index (χ4n) is 1.68. The normalized spacial score (nSPS) is 13.8. The van der Waals surface area contributed by atoms with Crippen molar-refractivity contribution in [3.05, 3.63) is 47.0 Å². The maximum Gasteiger partial charge on any atom is 0.144 e. The summed E-state index contributed by atoms with van der Waals surface area (Å²) in [6.07, 6.45) is 3.42. The predicted octanol–water partition coefficient (Wildman–Crippen LogP) is 3.72. The molecule has 0 bridgehead atoms. The third kappa shape index (κ3) is 4.02. The van der Waals surface area contributed by atoms with Gasteiger partial charge in [-0.3, -0.25) is 0 Å². The second kappa shape index (κ2) is 6.12. The van der Waals surface area contributed by atoms with Crippen LogP contribution in [0.15, 0.2) is 34.9 Å². The Bertz CT molecular complexity index is 684. The number of aryl methyl sites for hydroxylation is 1. The first-order valence-corrected chi connectivity index (χ1v) is 8.04. The molecule has 1 aromatic heterocycles. The highest BCUT2D eigenvalue weighted by Gasteiger charge is 2.18. The third-order valence-corrected chi connectivity index (χ3v) is 4.41. The van der Waals surface area contributed by atoms with Gasteiger partial charge in [-0.05, 0) is 52.0 Å². The molecular weight excluding hydrogens is 306 g/mol. The van der Waals surface area contributed by atoms with Gasteiger partial charge in [0.25, 0.3) is 0 Å². The zero-order chi connectivity index (χ0) is 15.6. The predicted molar refractivity (Wildman–Crippen MR) is 88.8 cm³/mol. The first-order valence-electron chi connectivity index (χ1n) is 6.55. The van der Waals surface area contributed by atoms with Crippen molar-refractivity contribution in [2.45, 2.75) is 32.4 Å². The summed E-state index contributed by atoms with van der Waals surface area (Å²) >= 11 is 5.89. The average molecular weight is 324 g/mol. The Balaban J connectivity index is 2.26. The summed E-state index contributed by atoms with van der Waals surface area (Å²) in [6.45, 7) is 7.57. The van der Waals surface area contributed by atoms with Gasteiger partial charge in [0, 0.05) is 16.9 Å². The minimum absolute atomic E-state index is 0.371. The second-order valence-electron chi connectivity index (χ2n) is 5.66. The van der Waals surface area contributed by atoms with Crippen LogP contribution in [0.1, 0.15) is 32.3 Å². The Morgan fingerprint density at radius 1 is 1.29 bits per heavy atom. The van der Waals surface area contributed by atoms with Crippen molar-refractivity contribution >= 4 is 28.8 Å². The molecule has 2 rings (SSSR count). The summed E-state index contributed by atoms with van der Waals surface area (Å²) in [6, 6.07) is 7.51. The van der Waals surface area contributed by atoms with Crippen LogP contribution in [0, 0.1) is 6.92 Å². The Kier molecular flexibility index (Phi) is 4.64. The van der Waals surface area contributed by atoms with Gasteiger partial charge in [-0.25, -0.2) is 9.19 Å². The van der Waals surface area contributed by atoms with Crippen molar-refractivity contribution < 1.29 is 4.21 Å². The molecule has 2 aromatic rings. The van der Waals surface area contributed by atoms with E-state index in [2.05, 4.69) is 9.38 Å². The molecule has 0 radical (unpaired) electrons. The van der Waals surface area contributed by atoms with E-state index in [-0.39, 0.29) is 4.75 Å². The molecule has 0 spiro atoms. The number of hydrogen-bond donors (Lipinski definition) is 0. The van der Waals surface area contributed by atoms with Crippen LogP contribution in [-0.2, 0) is 11.0 Å². The van der Waals surface area contributed by atoms with Gasteiger partial charge in [-0.15, -0.1) is 0 Å². The van der Waals surface area contributed by atoms with Gasteiger partial charge in [0.15, 0.2) is 0 Å². The zero-order valence-corrected chi connectivity index (χ0v) is 14.1. The molecule has 21 heavy (non-hydrogen) atoms. The van der Waals surface area contributed by atoms with Crippen molar-refractivity contribution in [3.63, 3.8) is 0 Å². The van der Waals surface area contributed by atoms with E-state index in [0.29, 0.717) is 10.7 Å². The van der Waals surface area contributed by atoms with Gasteiger partial charge in [-0.1, -0.05) is 11.6 Å². The molecule has 0 unspecified atom stereocenters. The minimum atomic E-state index is -1.28. The molecule has 0 fully saturated rings. The Labute approximate surface area is 132 Å². The van der Waals surface area contributed by atoms with E-state index < -0.39 is 11.0 Å². The third-order valence-electron chi connectivity index (χ3n) is 2.81. The topological polar surface area (TPSA) is 47.2 Å². The molecule has 6 heteroatoms. The fourth-order valence-corrected chi connectivity index (χ4v) is 2.33. The summed E-state index contributed by atoms with van der Waals surface area (Å²) in [5.41, 5.74) is 1.65. The van der Waals surface area contributed by atoms with Crippen molar-refractivity contribution in [2.24, 2.45) is 4.40 Å². The maximum atomic E-state index is 11.9. The molecule has 112 valence electrons. The van der Waals surface area contributed by atoms with E-state index >= 15 is 0 Å². The fraction of sp³-hybridized carbons (Fsp3) is 0.333. The molecule has 4 nitrogen and oxygen atoms in total. The van der Waals surface area contributed by atoms with Gasteiger partial charge in [0.05, 0.1) is 11.0 Å². The van der Waals surface area contributed by atoms with E-state index in [0.717, 1.165) is 11.5 Å². The van der Waals surface area contributed by atoms with E-state index in [1.165, 1.54) is 0 Å². The number of hydrogen-bond acceptors (Lipinski definition) is 2. The van der Waals surface area contributed by atoms with Crippen LogP contribution in [0.4, 0.5) is 0 Å². The zero-order valence-electron chi connectivity index (χ0n) is 12.5. The lowest BCUT2D eigenvalue weighted by atomic mass is 10.3. The van der Waals surface area contributed by atoms with Crippen LogP contribution in [-0.4, -0.2) is 24.7 Å². The number of rotatable bonds is 3. The van der Waals surface area contributed by atoms with E-state index in [9.17, 15) is 4.21 Å². The SMILES string of the molecule is Cc1nc(C=N[S@](=O)C(C)(C)C)cn1-c1ccc(Cl)cc1. The standard InChI is InChI=1S/C15H18ClN3OS/c1-11-18-13(9-17-21(20)15(2,3)4)10-19(11)14-7-5-12(16)6-8-14/h5-10H,1-4H3/t21-/m1/s1. The Morgan fingerprint density at radius 2 is 1.90 bits per heavy atom. The number of halogens is 1. The van der Waals surface area contributed by atoms with Gasteiger partial charge < -0.3 is 4.57 Å². The molecule has 1 heterocycles. The van der Waals surface area contributed by atoms with E-state index in [1.807, 2.05) is 62.7 Å². The summed E-state index contributed by atoms with van der Waals surface area (Å²) in [4.78, 5) is 4.41. The van der Waals surface area contributed by atoms with Gasteiger partial charge in [0.1, 0.15) is 22.5 Å². The summed E-state index contributed by atoms with van der Waals surface area (Å²) < 4.78 is 17.6. The molecule has 0 N–H and O–H groups in total. The first-order chi connectivity index (χ1) is 9.77. The largest absolute Gasteiger partial charge is 0.303 e. The molecule has 1 aromatic carbocycles. The number of benzene rings is 1. The highest BCUT2D eigenvalue weighted by Crippen LogP contribution is 2.16. The maximum absolute atomic E-state index is 11.9. The lowest BCUT2D eigenvalue weighted by Crippen LogP contribution is -2.19. The van der Waals surface area contributed by atoms with Crippen LogP contribution >= 0.6 is 11.6 Å².